The molecule has 5 nitrogen and oxygen atoms in total. The largest absolute Gasteiger partial charge is 0.497 e. The van der Waals surface area contributed by atoms with E-state index in [4.69, 9.17) is 9.47 Å². The topological polar surface area (TPSA) is 59.2 Å². The number of nitrogens with one attached hydrogen (secondary N) is 2. The van der Waals surface area contributed by atoms with Gasteiger partial charge in [0.05, 0.1) is 24.9 Å². The first-order valence-corrected chi connectivity index (χ1v) is 9.68. The van der Waals surface area contributed by atoms with Crippen molar-refractivity contribution in [3.05, 3.63) is 53.7 Å². The van der Waals surface area contributed by atoms with Crippen molar-refractivity contribution in [3.8, 4) is 11.5 Å². The Bertz CT molecular complexity index is 880. The zero-order chi connectivity index (χ0) is 18.6. The summed E-state index contributed by atoms with van der Waals surface area (Å²) >= 11 is 0. The minimum atomic E-state index is 0.298. The molecule has 0 unspecified atom stereocenters. The maximum absolute atomic E-state index is 6.32. The van der Waals surface area contributed by atoms with Gasteiger partial charge < -0.3 is 14.8 Å². The van der Waals surface area contributed by atoms with Gasteiger partial charge in [0.2, 0.25) is 0 Å². The molecule has 0 atom stereocenters. The molecule has 5 heteroatoms. The number of hydrogen-bond donors (Lipinski definition) is 2. The van der Waals surface area contributed by atoms with E-state index in [0.29, 0.717) is 12.1 Å². The molecule has 0 spiro atoms. The van der Waals surface area contributed by atoms with Crippen LogP contribution in [0.5, 0.6) is 11.5 Å². The number of aromatic amines is 1. The van der Waals surface area contributed by atoms with Crippen LogP contribution in [-0.2, 0) is 6.54 Å². The van der Waals surface area contributed by atoms with E-state index < -0.39 is 0 Å². The van der Waals surface area contributed by atoms with Gasteiger partial charge in [0, 0.05) is 23.5 Å². The molecule has 142 valence electrons. The van der Waals surface area contributed by atoms with Crippen molar-refractivity contribution in [2.75, 3.05) is 7.11 Å². The molecule has 4 rings (SSSR count). The number of aryl methyl sites for hydroxylation is 1. The Labute approximate surface area is 160 Å². The Morgan fingerprint density at radius 2 is 1.85 bits per heavy atom. The average molecular weight is 365 g/mol. The lowest BCUT2D eigenvalue weighted by Crippen LogP contribution is -2.36. The SMILES string of the molecule is COc1ccc(CN[C@H]2CC[C@H](Oc3ccc4[nH]ncc4c3C)CC2)cc1. The molecular weight excluding hydrogens is 338 g/mol. The van der Waals surface area contributed by atoms with Crippen molar-refractivity contribution in [1.82, 2.24) is 15.5 Å². The summed E-state index contributed by atoms with van der Waals surface area (Å²) in [6, 6.07) is 12.9. The van der Waals surface area contributed by atoms with E-state index in [-0.39, 0.29) is 0 Å². The van der Waals surface area contributed by atoms with Crippen LogP contribution < -0.4 is 14.8 Å². The molecular formula is C22H27N3O2. The zero-order valence-electron chi connectivity index (χ0n) is 16.0. The summed E-state index contributed by atoms with van der Waals surface area (Å²) in [6.45, 7) is 3.01. The summed E-state index contributed by atoms with van der Waals surface area (Å²) in [5.74, 6) is 1.89. The summed E-state index contributed by atoms with van der Waals surface area (Å²) in [7, 11) is 1.70. The summed E-state index contributed by atoms with van der Waals surface area (Å²) in [5, 5.41) is 12.0. The Morgan fingerprint density at radius 3 is 2.59 bits per heavy atom. The third kappa shape index (κ3) is 4.08. The molecule has 1 aliphatic carbocycles. The van der Waals surface area contributed by atoms with Gasteiger partial charge in [0.25, 0.3) is 0 Å². The van der Waals surface area contributed by atoms with Crippen molar-refractivity contribution in [2.24, 2.45) is 0 Å². The Hall–Kier alpha value is -2.53. The van der Waals surface area contributed by atoms with Crippen molar-refractivity contribution in [2.45, 2.75) is 51.3 Å². The number of hydrogen-bond acceptors (Lipinski definition) is 4. The molecule has 0 amide bonds. The smallest absolute Gasteiger partial charge is 0.123 e. The molecule has 1 aromatic heterocycles. The number of nitrogens with zero attached hydrogens (tertiary/aromatic N) is 1. The highest BCUT2D eigenvalue weighted by Gasteiger charge is 2.23. The van der Waals surface area contributed by atoms with Gasteiger partial charge in [0.15, 0.2) is 0 Å². The highest BCUT2D eigenvalue weighted by molar-refractivity contribution is 5.83. The normalized spacial score (nSPS) is 19.9. The lowest BCUT2D eigenvalue weighted by Gasteiger charge is -2.30. The van der Waals surface area contributed by atoms with Crippen LogP contribution in [-0.4, -0.2) is 29.5 Å². The van der Waals surface area contributed by atoms with Gasteiger partial charge in [-0.2, -0.15) is 5.10 Å². The summed E-state index contributed by atoms with van der Waals surface area (Å²) in [5.41, 5.74) is 3.52. The maximum Gasteiger partial charge on any atom is 0.123 e. The van der Waals surface area contributed by atoms with Crippen molar-refractivity contribution in [3.63, 3.8) is 0 Å². The fourth-order valence-corrected chi connectivity index (χ4v) is 3.84. The number of H-pyrrole nitrogens is 1. The van der Waals surface area contributed by atoms with Gasteiger partial charge in [-0.1, -0.05) is 12.1 Å². The molecule has 1 heterocycles. The second-order valence-corrected chi connectivity index (χ2v) is 7.34. The van der Waals surface area contributed by atoms with Crippen LogP contribution in [0.1, 0.15) is 36.8 Å². The molecule has 1 fully saturated rings. The summed E-state index contributed by atoms with van der Waals surface area (Å²) < 4.78 is 11.5. The quantitative estimate of drug-likeness (QED) is 0.681. The standard InChI is InChI=1S/C22H27N3O2/c1-15-20-14-24-25-21(20)11-12-22(15)27-19-9-5-17(6-10-19)23-13-16-3-7-18(26-2)8-4-16/h3-4,7-8,11-12,14,17,19,23H,5-6,9-10,13H2,1-2H3,(H,24,25)/t17-,19-. The van der Waals surface area contributed by atoms with E-state index in [9.17, 15) is 0 Å². The predicted molar refractivity (Wildman–Crippen MR) is 107 cm³/mol. The number of fused-ring (bicyclic) bond motifs is 1. The number of benzene rings is 2. The van der Waals surface area contributed by atoms with Crippen LogP contribution in [0, 0.1) is 6.92 Å². The monoisotopic (exact) mass is 365 g/mol. The molecule has 1 saturated carbocycles. The lowest BCUT2D eigenvalue weighted by molar-refractivity contribution is 0.138. The van der Waals surface area contributed by atoms with E-state index in [1.54, 1.807) is 7.11 Å². The van der Waals surface area contributed by atoms with Gasteiger partial charge in [-0.25, -0.2) is 0 Å². The van der Waals surface area contributed by atoms with Gasteiger partial charge in [-0.15, -0.1) is 0 Å². The Balaban J connectivity index is 1.27. The summed E-state index contributed by atoms with van der Waals surface area (Å²) in [4.78, 5) is 0. The molecule has 2 N–H and O–H groups in total. The van der Waals surface area contributed by atoms with E-state index >= 15 is 0 Å². The minimum absolute atomic E-state index is 0.298. The van der Waals surface area contributed by atoms with Crippen molar-refractivity contribution < 1.29 is 9.47 Å². The molecule has 3 aromatic rings. The second kappa shape index (κ2) is 8.01. The first kappa shape index (κ1) is 17.9. The highest BCUT2D eigenvalue weighted by atomic mass is 16.5. The molecule has 0 aliphatic heterocycles. The Kier molecular flexibility index (Phi) is 5.30. The molecule has 1 aliphatic rings. The molecule has 27 heavy (non-hydrogen) atoms. The maximum atomic E-state index is 6.32. The Morgan fingerprint density at radius 1 is 1.07 bits per heavy atom. The van der Waals surface area contributed by atoms with Gasteiger partial charge in [-0.05, 0) is 62.4 Å². The van der Waals surface area contributed by atoms with E-state index in [1.165, 1.54) is 11.1 Å². The number of methoxy groups -OCH3 is 1. The summed E-state index contributed by atoms with van der Waals surface area (Å²) in [6.07, 6.45) is 6.64. The minimum Gasteiger partial charge on any atom is -0.497 e. The molecule has 0 radical (unpaired) electrons. The fraction of sp³-hybridized carbons (Fsp3) is 0.409. The molecule has 0 bridgehead atoms. The van der Waals surface area contributed by atoms with E-state index in [2.05, 4.69) is 40.6 Å². The van der Waals surface area contributed by atoms with Crippen LogP contribution >= 0.6 is 0 Å². The van der Waals surface area contributed by atoms with Gasteiger partial charge in [0.1, 0.15) is 11.5 Å². The van der Waals surface area contributed by atoms with Crippen LogP contribution in [0.2, 0.25) is 0 Å². The third-order valence-electron chi connectivity index (χ3n) is 5.57. The zero-order valence-corrected chi connectivity index (χ0v) is 16.0. The average Bonchev–Trinajstić information content (AvgIpc) is 3.20. The van der Waals surface area contributed by atoms with E-state index in [1.807, 2.05) is 24.4 Å². The van der Waals surface area contributed by atoms with Gasteiger partial charge in [-0.3, -0.25) is 5.10 Å². The van der Waals surface area contributed by atoms with Crippen LogP contribution in [0.15, 0.2) is 42.6 Å². The van der Waals surface area contributed by atoms with Crippen LogP contribution in [0.4, 0.5) is 0 Å². The lowest BCUT2D eigenvalue weighted by atomic mass is 9.92. The van der Waals surface area contributed by atoms with E-state index in [0.717, 1.165) is 54.6 Å². The van der Waals surface area contributed by atoms with Gasteiger partial charge >= 0.3 is 0 Å². The van der Waals surface area contributed by atoms with Crippen LogP contribution in [0.3, 0.4) is 0 Å². The first-order valence-electron chi connectivity index (χ1n) is 9.68. The molecule has 0 saturated heterocycles. The number of rotatable bonds is 6. The fourth-order valence-electron chi connectivity index (χ4n) is 3.84. The van der Waals surface area contributed by atoms with Crippen molar-refractivity contribution >= 4 is 10.9 Å². The number of ether oxygens (including phenoxy) is 2. The highest BCUT2D eigenvalue weighted by Crippen LogP contribution is 2.30. The predicted octanol–water partition coefficient (Wildman–Crippen LogP) is 4.36. The van der Waals surface area contributed by atoms with Crippen molar-refractivity contribution in [1.29, 1.82) is 0 Å². The molecule has 2 aromatic carbocycles. The van der Waals surface area contributed by atoms with Crippen LogP contribution in [0.25, 0.3) is 10.9 Å². The second-order valence-electron chi connectivity index (χ2n) is 7.34. The number of aromatic nitrogens is 2. The third-order valence-corrected chi connectivity index (χ3v) is 5.57. The first-order chi connectivity index (χ1) is 13.2.